The fourth-order valence-corrected chi connectivity index (χ4v) is 2.74. The Kier molecular flexibility index (Phi) is 4.96. The van der Waals surface area contributed by atoms with Crippen LogP contribution < -0.4 is 0 Å². The number of hydrogen-bond acceptors (Lipinski definition) is 5. The van der Waals surface area contributed by atoms with Crippen LogP contribution in [0.3, 0.4) is 0 Å². The zero-order valence-electron chi connectivity index (χ0n) is 13.3. The Balaban J connectivity index is 2.17. The highest BCUT2D eigenvalue weighted by Crippen LogP contribution is 2.34. The highest BCUT2D eigenvalue weighted by Gasteiger charge is 2.32. The Morgan fingerprint density at radius 2 is 1.72 bits per heavy atom. The molecule has 25 heavy (non-hydrogen) atoms. The average molecular weight is 361 g/mol. The van der Waals surface area contributed by atoms with Crippen molar-refractivity contribution >= 4 is 16.9 Å². The van der Waals surface area contributed by atoms with Gasteiger partial charge in [-0.1, -0.05) is 0 Å². The number of ether oxygens (including phenoxy) is 2. The molecule has 0 amide bonds. The van der Waals surface area contributed by atoms with Gasteiger partial charge in [0.1, 0.15) is 11.3 Å². The molecular weight excluding hydrogens is 346 g/mol. The number of fused-ring (bicyclic) bond motifs is 1. The van der Waals surface area contributed by atoms with Crippen molar-refractivity contribution in [2.75, 3.05) is 32.9 Å². The van der Waals surface area contributed by atoms with Gasteiger partial charge in [-0.15, -0.1) is 0 Å². The first-order valence-corrected chi connectivity index (χ1v) is 7.70. The summed E-state index contributed by atoms with van der Waals surface area (Å²) in [7, 11) is 0. The number of esters is 1. The lowest BCUT2D eigenvalue weighted by Crippen LogP contribution is -2.35. The van der Waals surface area contributed by atoms with Gasteiger partial charge in [-0.25, -0.2) is 18.0 Å². The molecule has 9 heteroatoms. The molecular formula is C16H15F4NO4. The van der Waals surface area contributed by atoms with Gasteiger partial charge in [0.15, 0.2) is 17.2 Å². The van der Waals surface area contributed by atoms with Crippen molar-refractivity contribution in [2.24, 2.45) is 0 Å². The summed E-state index contributed by atoms with van der Waals surface area (Å²) in [5.41, 5.74) is -1.28. The number of nitrogens with zero attached hydrogens (tertiary/aromatic N) is 1. The average Bonchev–Trinajstić information content (AvgIpc) is 2.98. The molecule has 0 bridgehead atoms. The molecule has 1 fully saturated rings. The maximum Gasteiger partial charge on any atom is 0.342 e. The smallest absolute Gasteiger partial charge is 0.342 e. The predicted octanol–water partition coefficient (Wildman–Crippen LogP) is 3.00. The molecule has 0 radical (unpaired) electrons. The van der Waals surface area contributed by atoms with Crippen LogP contribution in [0.4, 0.5) is 17.6 Å². The number of carbonyl (C=O) groups excluding carboxylic acids is 1. The number of halogens is 4. The molecule has 1 saturated heterocycles. The second-order valence-corrected chi connectivity index (χ2v) is 5.47. The van der Waals surface area contributed by atoms with E-state index in [4.69, 9.17) is 13.9 Å². The van der Waals surface area contributed by atoms with Gasteiger partial charge in [0.05, 0.1) is 31.8 Å². The predicted molar refractivity (Wildman–Crippen MR) is 78.1 cm³/mol. The molecule has 0 aliphatic carbocycles. The first-order chi connectivity index (χ1) is 12.0. The highest BCUT2D eigenvalue weighted by atomic mass is 19.2. The first kappa shape index (κ1) is 17.7. The molecule has 1 aromatic carbocycles. The maximum atomic E-state index is 14.2. The van der Waals surface area contributed by atoms with Crippen LogP contribution in [0.1, 0.15) is 23.0 Å². The van der Waals surface area contributed by atoms with Crippen molar-refractivity contribution in [2.45, 2.75) is 13.5 Å². The summed E-state index contributed by atoms with van der Waals surface area (Å²) in [6.07, 6.45) is 0. The van der Waals surface area contributed by atoms with E-state index >= 15 is 0 Å². The van der Waals surface area contributed by atoms with Crippen LogP contribution in [0.2, 0.25) is 0 Å². The first-order valence-electron chi connectivity index (χ1n) is 7.70. The highest BCUT2D eigenvalue weighted by molar-refractivity contribution is 6.05. The minimum atomic E-state index is -2.01. The van der Waals surface area contributed by atoms with E-state index in [-0.39, 0.29) is 18.9 Å². The number of morpholine rings is 1. The van der Waals surface area contributed by atoms with E-state index in [1.807, 2.05) is 4.90 Å². The van der Waals surface area contributed by atoms with Crippen LogP contribution in [0.5, 0.6) is 0 Å². The second kappa shape index (κ2) is 7.01. The number of benzene rings is 1. The van der Waals surface area contributed by atoms with E-state index in [1.165, 1.54) is 6.92 Å². The van der Waals surface area contributed by atoms with Gasteiger partial charge in [0.2, 0.25) is 11.6 Å². The molecule has 0 spiro atoms. The summed E-state index contributed by atoms with van der Waals surface area (Å²) in [6.45, 7) is 3.42. The Morgan fingerprint density at radius 3 is 2.36 bits per heavy atom. The number of rotatable bonds is 4. The molecule has 0 saturated carbocycles. The minimum Gasteiger partial charge on any atom is -0.462 e. The van der Waals surface area contributed by atoms with Gasteiger partial charge < -0.3 is 13.9 Å². The molecule has 2 heterocycles. The van der Waals surface area contributed by atoms with Gasteiger partial charge in [-0.05, 0) is 6.92 Å². The molecule has 0 atom stereocenters. The summed E-state index contributed by atoms with van der Waals surface area (Å²) in [5.74, 6) is -8.48. The molecule has 1 aromatic heterocycles. The monoisotopic (exact) mass is 361 g/mol. The fraction of sp³-hybridized carbons (Fsp3) is 0.438. The summed E-state index contributed by atoms with van der Waals surface area (Å²) >= 11 is 0. The number of furan rings is 1. The third-order valence-corrected chi connectivity index (χ3v) is 3.93. The topological polar surface area (TPSA) is 51.9 Å². The van der Waals surface area contributed by atoms with Crippen molar-refractivity contribution in [3.8, 4) is 0 Å². The van der Waals surface area contributed by atoms with E-state index in [9.17, 15) is 22.4 Å². The number of carbonyl (C=O) groups is 1. The zero-order chi connectivity index (χ0) is 18.1. The van der Waals surface area contributed by atoms with Crippen molar-refractivity contribution in [3.05, 3.63) is 34.6 Å². The summed E-state index contributed by atoms with van der Waals surface area (Å²) in [5, 5.41) is -0.752. The van der Waals surface area contributed by atoms with Crippen LogP contribution >= 0.6 is 0 Å². The second-order valence-electron chi connectivity index (χ2n) is 5.47. The molecule has 5 nitrogen and oxygen atoms in total. The van der Waals surface area contributed by atoms with E-state index in [2.05, 4.69) is 0 Å². The molecule has 1 aliphatic rings. The van der Waals surface area contributed by atoms with E-state index in [0.717, 1.165) is 0 Å². The largest absolute Gasteiger partial charge is 0.462 e. The van der Waals surface area contributed by atoms with Gasteiger partial charge in [-0.2, -0.15) is 4.39 Å². The summed E-state index contributed by atoms with van der Waals surface area (Å²) in [4.78, 5) is 14.0. The molecule has 2 aromatic rings. The maximum absolute atomic E-state index is 14.2. The third-order valence-electron chi connectivity index (χ3n) is 3.93. The van der Waals surface area contributed by atoms with Crippen LogP contribution in [-0.4, -0.2) is 43.8 Å². The van der Waals surface area contributed by atoms with Crippen molar-refractivity contribution < 1.29 is 36.2 Å². The van der Waals surface area contributed by atoms with Crippen LogP contribution in [0.15, 0.2) is 4.42 Å². The molecule has 0 unspecified atom stereocenters. The Hall–Kier alpha value is -2.13. The zero-order valence-corrected chi connectivity index (χ0v) is 13.3. The Bertz CT molecular complexity index is 815. The quantitative estimate of drug-likeness (QED) is 0.363. The molecule has 1 aliphatic heterocycles. The lowest BCUT2D eigenvalue weighted by molar-refractivity contribution is 0.0309. The van der Waals surface area contributed by atoms with Gasteiger partial charge in [-0.3, -0.25) is 4.90 Å². The van der Waals surface area contributed by atoms with E-state index in [0.29, 0.717) is 26.3 Å². The summed E-state index contributed by atoms with van der Waals surface area (Å²) in [6, 6.07) is 0. The summed E-state index contributed by atoms with van der Waals surface area (Å²) < 4.78 is 70.5. The lowest BCUT2D eigenvalue weighted by atomic mass is 10.1. The van der Waals surface area contributed by atoms with E-state index < -0.39 is 45.8 Å². The van der Waals surface area contributed by atoms with Gasteiger partial charge >= 0.3 is 5.97 Å². The molecule has 136 valence electrons. The van der Waals surface area contributed by atoms with Crippen LogP contribution in [0, 0.1) is 23.3 Å². The van der Waals surface area contributed by atoms with Crippen LogP contribution in [0.25, 0.3) is 11.0 Å². The normalized spacial score (nSPS) is 15.7. The van der Waals surface area contributed by atoms with Crippen molar-refractivity contribution in [1.82, 2.24) is 4.90 Å². The van der Waals surface area contributed by atoms with Crippen molar-refractivity contribution in [1.29, 1.82) is 0 Å². The van der Waals surface area contributed by atoms with Gasteiger partial charge in [0, 0.05) is 13.1 Å². The lowest BCUT2D eigenvalue weighted by Gasteiger charge is -2.25. The standard InChI is InChI=1S/C16H15F4NO4/c1-2-24-16(22)9-8(7-21-3-5-23-6-4-21)25-15-10(9)11(17)12(18)13(19)14(15)20/h2-7H2,1H3. The third kappa shape index (κ3) is 3.09. The van der Waals surface area contributed by atoms with Crippen molar-refractivity contribution in [3.63, 3.8) is 0 Å². The van der Waals surface area contributed by atoms with E-state index in [1.54, 1.807) is 0 Å². The minimum absolute atomic E-state index is 0.0221. The fourth-order valence-electron chi connectivity index (χ4n) is 2.74. The van der Waals surface area contributed by atoms with Crippen LogP contribution in [-0.2, 0) is 16.0 Å². The SMILES string of the molecule is CCOC(=O)c1c(CN2CCOCC2)oc2c(F)c(F)c(F)c(F)c12. The number of hydrogen-bond donors (Lipinski definition) is 0. The molecule has 3 rings (SSSR count). The Labute approximate surface area is 140 Å². The Morgan fingerprint density at radius 1 is 1.08 bits per heavy atom. The van der Waals surface area contributed by atoms with Gasteiger partial charge in [0.25, 0.3) is 0 Å². The molecule has 0 N–H and O–H groups in total.